The lowest BCUT2D eigenvalue weighted by atomic mass is 10.1. The van der Waals surface area contributed by atoms with E-state index in [0.29, 0.717) is 30.3 Å². The van der Waals surface area contributed by atoms with Crippen LogP contribution in [0.4, 0.5) is 5.69 Å². The van der Waals surface area contributed by atoms with E-state index in [1.54, 1.807) is 55.5 Å². The Labute approximate surface area is 213 Å². The molecular weight excluding hydrogens is 490 g/mol. The van der Waals surface area contributed by atoms with E-state index in [1.165, 1.54) is 4.90 Å². The van der Waals surface area contributed by atoms with Crippen LogP contribution < -0.4 is 14.4 Å². The van der Waals surface area contributed by atoms with Crippen LogP contribution >= 0.6 is 11.6 Å². The molecule has 0 aliphatic carbocycles. The van der Waals surface area contributed by atoms with E-state index in [0.717, 1.165) is 22.5 Å². The van der Waals surface area contributed by atoms with Crippen LogP contribution in [0.15, 0.2) is 48.5 Å². The highest BCUT2D eigenvalue weighted by molar-refractivity contribution is 7.92. The van der Waals surface area contributed by atoms with E-state index < -0.39 is 28.5 Å². The first-order valence-corrected chi connectivity index (χ1v) is 13.9. The standard InChI is InChI=1S/C25H34ClN3O5S/c1-5-16-27-25(31)21(6-2)28(17-19-12-14-20(26)15-13-19)24(30)18-29(35(4,32)33)22-10-8-9-11-23(22)34-7-3/h8-15,21H,5-7,16-18H2,1-4H3,(H,27,31)/t21-/m1/s1. The average Bonchev–Trinajstić information content (AvgIpc) is 2.82. The summed E-state index contributed by atoms with van der Waals surface area (Å²) < 4.78 is 32.2. The Bertz CT molecular complexity index is 1090. The number of nitrogens with zero attached hydrogens (tertiary/aromatic N) is 2. The predicted molar refractivity (Wildman–Crippen MR) is 139 cm³/mol. The molecule has 10 heteroatoms. The first kappa shape index (κ1) is 28.5. The summed E-state index contributed by atoms with van der Waals surface area (Å²) in [5, 5.41) is 3.40. The maximum absolute atomic E-state index is 13.7. The van der Waals surface area contributed by atoms with Gasteiger partial charge in [-0.2, -0.15) is 0 Å². The maximum atomic E-state index is 13.7. The van der Waals surface area contributed by atoms with Gasteiger partial charge in [0, 0.05) is 18.1 Å². The van der Waals surface area contributed by atoms with Crippen molar-refractivity contribution in [3.05, 3.63) is 59.1 Å². The molecule has 0 fully saturated rings. The van der Waals surface area contributed by atoms with Gasteiger partial charge in [0.2, 0.25) is 21.8 Å². The van der Waals surface area contributed by atoms with Gasteiger partial charge in [-0.25, -0.2) is 8.42 Å². The summed E-state index contributed by atoms with van der Waals surface area (Å²) in [6, 6.07) is 12.9. The third kappa shape index (κ3) is 8.14. The minimum atomic E-state index is -3.84. The Morgan fingerprint density at radius 1 is 1.06 bits per heavy atom. The number of anilines is 1. The second-order valence-electron chi connectivity index (χ2n) is 8.03. The Kier molecular flexibility index (Phi) is 10.9. The molecule has 0 heterocycles. The smallest absolute Gasteiger partial charge is 0.244 e. The van der Waals surface area contributed by atoms with Gasteiger partial charge >= 0.3 is 0 Å². The van der Waals surface area contributed by atoms with Crippen LogP contribution in [0.25, 0.3) is 0 Å². The van der Waals surface area contributed by atoms with Crippen LogP contribution in [0, 0.1) is 0 Å². The Balaban J connectivity index is 2.45. The number of sulfonamides is 1. The van der Waals surface area contributed by atoms with Gasteiger partial charge in [0.05, 0.1) is 18.6 Å². The number of halogens is 1. The van der Waals surface area contributed by atoms with Crippen molar-refractivity contribution in [3.8, 4) is 5.75 Å². The van der Waals surface area contributed by atoms with Crippen LogP contribution in [0.2, 0.25) is 5.02 Å². The molecule has 0 saturated carbocycles. The van der Waals surface area contributed by atoms with Crippen LogP contribution in [-0.2, 0) is 26.2 Å². The van der Waals surface area contributed by atoms with Crippen molar-refractivity contribution in [2.24, 2.45) is 0 Å². The third-order valence-electron chi connectivity index (χ3n) is 5.31. The normalized spacial score (nSPS) is 12.0. The predicted octanol–water partition coefficient (Wildman–Crippen LogP) is 3.84. The van der Waals surface area contributed by atoms with Gasteiger partial charge in [0.25, 0.3) is 0 Å². The fraction of sp³-hybridized carbons (Fsp3) is 0.440. The Morgan fingerprint density at radius 2 is 1.71 bits per heavy atom. The van der Waals surface area contributed by atoms with Crippen molar-refractivity contribution in [2.45, 2.75) is 46.2 Å². The molecule has 0 bridgehead atoms. The molecule has 192 valence electrons. The number of hydrogen-bond donors (Lipinski definition) is 1. The van der Waals surface area contributed by atoms with Crippen molar-refractivity contribution in [1.29, 1.82) is 0 Å². The first-order chi connectivity index (χ1) is 16.6. The van der Waals surface area contributed by atoms with E-state index in [1.807, 2.05) is 13.8 Å². The van der Waals surface area contributed by atoms with Crippen molar-refractivity contribution < 1.29 is 22.7 Å². The summed E-state index contributed by atoms with van der Waals surface area (Å²) in [5.41, 5.74) is 1.03. The number of hydrogen-bond acceptors (Lipinski definition) is 5. The molecule has 0 unspecified atom stereocenters. The molecule has 1 atom stereocenters. The summed E-state index contributed by atoms with van der Waals surface area (Å²) in [7, 11) is -3.84. The highest BCUT2D eigenvalue weighted by Crippen LogP contribution is 2.30. The Hall–Kier alpha value is -2.78. The van der Waals surface area contributed by atoms with E-state index in [9.17, 15) is 18.0 Å². The van der Waals surface area contributed by atoms with E-state index in [4.69, 9.17) is 16.3 Å². The van der Waals surface area contributed by atoms with Crippen molar-refractivity contribution in [2.75, 3.05) is 30.3 Å². The molecule has 0 radical (unpaired) electrons. The number of amides is 2. The number of benzene rings is 2. The van der Waals surface area contributed by atoms with Crippen LogP contribution in [-0.4, -0.2) is 57.1 Å². The molecule has 8 nitrogen and oxygen atoms in total. The van der Waals surface area contributed by atoms with Crippen molar-refractivity contribution in [1.82, 2.24) is 10.2 Å². The highest BCUT2D eigenvalue weighted by atomic mass is 35.5. The number of para-hydroxylation sites is 2. The fourth-order valence-electron chi connectivity index (χ4n) is 3.61. The molecule has 1 N–H and O–H groups in total. The quantitative estimate of drug-likeness (QED) is 0.430. The van der Waals surface area contributed by atoms with E-state index in [2.05, 4.69) is 5.32 Å². The molecule has 2 aromatic rings. The zero-order valence-corrected chi connectivity index (χ0v) is 22.2. The zero-order chi connectivity index (χ0) is 26.0. The van der Waals surface area contributed by atoms with Crippen LogP contribution in [0.1, 0.15) is 39.2 Å². The average molecular weight is 524 g/mol. The lowest BCUT2D eigenvalue weighted by Crippen LogP contribution is -2.52. The number of carbonyl (C=O) groups is 2. The van der Waals surface area contributed by atoms with Crippen molar-refractivity contribution >= 4 is 39.1 Å². The number of nitrogens with one attached hydrogen (secondary N) is 1. The Morgan fingerprint density at radius 3 is 2.29 bits per heavy atom. The molecule has 0 spiro atoms. The van der Waals surface area contributed by atoms with Gasteiger partial charge in [-0.15, -0.1) is 0 Å². The van der Waals surface area contributed by atoms with Gasteiger partial charge in [-0.05, 0) is 49.6 Å². The van der Waals surface area contributed by atoms with E-state index in [-0.39, 0.29) is 18.1 Å². The first-order valence-electron chi connectivity index (χ1n) is 11.6. The second-order valence-corrected chi connectivity index (χ2v) is 10.4. The summed E-state index contributed by atoms with van der Waals surface area (Å²) >= 11 is 6.01. The summed E-state index contributed by atoms with van der Waals surface area (Å²) in [6.07, 6.45) is 2.16. The monoisotopic (exact) mass is 523 g/mol. The topological polar surface area (TPSA) is 96.0 Å². The van der Waals surface area contributed by atoms with Crippen LogP contribution in [0.5, 0.6) is 5.75 Å². The van der Waals surface area contributed by atoms with Crippen LogP contribution in [0.3, 0.4) is 0 Å². The molecular formula is C25H34ClN3O5S. The highest BCUT2D eigenvalue weighted by Gasteiger charge is 2.32. The van der Waals surface area contributed by atoms with Crippen molar-refractivity contribution in [3.63, 3.8) is 0 Å². The molecule has 0 aromatic heterocycles. The summed E-state index contributed by atoms with van der Waals surface area (Å²) in [5.74, 6) is -0.433. The molecule has 2 aromatic carbocycles. The minimum Gasteiger partial charge on any atom is -0.492 e. The third-order valence-corrected chi connectivity index (χ3v) is 6.69. The lowest BCUT2D eigenvalue weighted by Gasteiger charge is -2.33. The molecule has 0 saturated heterocycles. The van der Waals surface area contributed by atoms with Gasteiger partial charge in [-0.1, -0.05) is 49.7 Å². The van der Waals surface area contributed by atoms with Gasteiger partial charge < -0.3 is 15.0 Å². The number of ether oxygens (including phenoxy) is 1. The fourth-order valence-corrected chi connectivity index (χ4v) is 4.59. The SMILES string of the molecule is CCCNC(=O)[C@@H](CC)N(Cc1ccc(Cl)cc1)C(=O)CN(c1ccccc1OCC)S(C)(=O)=O. The minimum absolute atomic E-state index is 0.124. The molecule has 2 rings (SSSR count). The van der Waals surface area contributed by atoms with Gasteiger partial charge in [0.1, 0.15) is 18.3 Å². The maximum Gasteiger partial charge on any atom is 0.244 e. The molecule has 0 aliphatic heterocycles. The number of carbonyl (C=O) groups excluding carboxylic acids is 2. The molecule has 0 aliphatic rings. The lowest BCUT2D eigenvalue weighted by molar-refractivity contribution is -0.140. The molecule has 2 amide bonds. The summed E-state index contributed by atoms with van der Waals surface area (Å²) in [6.45, 7) is 6.01. The largest absolute Gasteiger partial charge is 0.492 e. The van der Waals surface area contributed by atoms with Gasteiger partial charge in [-0.3, -0.25) is 13.9 Å². The zero-order valence-electron chi connectivity index (χ0n) is 20.7. The summed E-state index contributed by atoms with van der Waals surface area (Å²) in [4.78, 5) is 28.0. The van der Waals surface area contributed by atoms with E-state index >= 15 is 0 Å². The second kappa shape index (κ2) is 13.3. The molecule has 35 heavy (non-hydrogen) atoms. The number of rotatable bonds is 13. The van der Waals surface area contributed by atoms with Gasteiger partial charge in [0.15, 0.2) is 0 Å².